The molecule has 0 spiro atoms. The fraction of sp³-hybridized carbons (Fsp3) is 0.812. The number of hydrogen-bond donors (Lipinski definition) is 0. The van der Waals surface area contributed by atoms with Crippen molar-refractivity contribution in [2.75, 3.05) is 0 Å². The molecule has 0 amide bonds. The van der Waals surface area contributed by atoms with E-state index in [1.165, 1.54) is 0 Å². The van der Waals surface area contributed by atoms with Crippen LogP contribution in [-0.4, -0.2) is 47.7 Å². The Hall–Kier alpha value is -0.320. The molecule has 2 aromatic rings. The van der Waals surface area contributed by atoms with Crippen molar-refractivity contribution >= 4 is 37.7 Å². The molecule has 0 aliphatic rings. The summed E-state index contributed by atoms with van der Waals surface area (Å²) in [5.74, 6) is 2.00. The van der Waals surface area contributed by atoms with Gasteiger partial charge in [-0.2, -0.15) is 0 Å². The molecule has 208 valence electrons. The fourth-order valence-electron chi connectivity index (χ4n) is 3.70. The number of nitrogens with zero attached hydrogens (tertiary/aromatic N) is 4. The normalized spacial score (nSPS) is 13.7. The molecule has 0 saturated carbocycles. The molecule has 0 atom stereocenters. The van der Waals surface area contributed by atoms with Crippen LogP contribution in [0.25, 0.3) is 0 Å². The van der Waals surface area contributed by atoms with E-state index < -0.39 is 0 Å². The van der Waals surface area contributed by atoms with E-state index in [1.54, 1.807) is 0 Å². The summed E-state index contributed by atoms with van der Waals surface area (Å²) in [4.78, 5) is 19.5. The molecule has 0 bridgehead atoms. The standard InChI is InChI=1S/2C16H29N2.Ca/c2*1-10-16(8,9)13-17-11(14(2,3)4)12(18-13)15(5,6)7;/h2*10H2,1-9H3;/q2*-1;+2. The molecule has 0 aliphatic carbocycles. The van der Waals surface area contributed by atoms with Gasteiger partial charge in [-0.25, -0.2) is 0 Å². The minimum absolute atomic E-state index is 0. The molecule has 0 unspecified atom stereocenters. The average molecular weight is 539 g/mol. The van der Waals surface area contributed by atoms with Crippen LogP contribution in [0.2, 0.25) is 0 Å². The quantitative estimate of drug-likeness (QED) is 0.368. The number of imidazole rings is 2. The summed E-state index contributed by atoms with van der Waals surface area (Å²) in [7, 11) is 0. The van der Waals surface area contributed by atoms with E-state index in [1.807, 2.05) is 0 Å². The zero-order valence-electron chi connectivity index (χ0n) is 27.9. The summed E-state index contributed by atoms with van der Waals surface area (Å²) in [5, 5.41) is 0. The molecule has 2 heterocycles. The SMILES string of the molecule is CCC(C)(C)c1nc(C(C)(C)C)c(C(C)(C)C)[n-]1.CCC(C)(C)c1nc(C(C)(C)C)c(C(C)(C)C)[n-]1.[Ca+2]. The molecule has 0 aliphatic heterocycles. The van der Waals surface area contributed by atoms with Crippen molar-refractivity contribution in [3.63, 3.8) is 0 Å². The third-order valence-electron chi connectivity index (χ3n) is 7.14. The van der Waals surface area contributed by atoms with E-state index >= 15 is 0 Å². The Morgan fingerprint density at radius 2 is 0.703 bits per heavy atom. The van der Waals surface area contributed by atoms with Crippen LogP contribution >= 0.6 is 0 Å². The van der Waals surface area contributed by atoms with E-state index in [0.717, 1.165) is 47.3 Å². The summed E-state index contributed by atoms with van der Waals surface area (Å²) in [6.45, 7) is 39.9. The van der Waals surface area contributed by atoms with Gasteiger partial charge in [-0.15, -0.1) is 0 Å². The topological polar surface area (TPSA) is 54.0 Å². The molecule has 0 saturated heterocycles. The first-order valence-corrected chi connectivity index (χ1v) is 13.9. The maximum Gasteiger partial charge on any atom is 2.00 e. The Balaban J connectivity index is 0.000000682. The molecule has 0 aromatic carbocycles. The van der Waals surface area contributed by atoms with Crippen LogP contribution in [0.5, 0.6) is 0 Å². The number of aromatic nitrogens is 4. The zero-order chi connectivity index (χ0) is 28.7. The predicted molar refractivity (Wildman–Crippen MR) is 162 cm³/mol. The van der Waals surface area contributed by atoms with Gasteiger partial charge < -0.3 is 19.9 Å². The summed E-state index contributed by atoms with van der Waals surface area (Å²) in [6.07, 6.45) is 2.12. The molecular formula is C32H58CaN4. The second kappa shape index (κ2) is 12.0. The summed E-state index contributed by atoms with van der Waals surface area (Å²) in [6, 6.07) is 0. The maximum absolute atomic E-state index is 4.88. The van der Waals surface area contributed by atoms with Gasteiger partial charge in [0.1, 0.15) is 0 Å². The number of hydrogen-bond acceptors (Lipinski definition) is 2. The number of rotatable bonds is 4. The molecule has 2 aromatic heterocycles. The molecular weight excluding hydrogens is 480 g/mol. The fourth-order valence-corrected chi connectivity index (χ4v) is 3.70. The van der Waals surface area contributed by atoms with Crippen LogP contribution in [0.15, 0.2) is 0 Å². The van der Waals surface area contributed by atoms with Crippen molar-refractivity contribution in [3.05, 3.63) is 34.4 Å². The van der Waals surface area contributed by atoms with Crippen molar-refractivity contribution in [2.45, 2.75) is 170 Å². The van der Waals surface area contributed by atoms with Gasteiger partial charge in [0.15, 0.2) is 0 Å². The van der Waals surface area contributed by atoms with Crippen molar-refractivity contribution in [3.8, 4) is 0 Å². The molecule has 5 heteroatoms. The first-order chi connectivity index (χ1) is 15.8. The second-order valence-electron chi connectivity index (χ2n) is 16.0. The minimum Gasteiger partial charge on any atom is -0.442 e. The van der Waals surface area contributed by atoms with Gasteiger partial charge in [0.25, 0.3) is 0 Å². The van der Waals surface area contributed by atoms with Gasteiger partial charge in [-0.05, 0) is 45.3 Å². The summed E-state index contributed by atoms with van der Waals surface area (Å²) in [5.41, 5.74) is 4.97. The Morgan fingerprint density at radius 3 is 0.838 bits per heavy atom. The third kappa shape index (κ3) is 9.38. The van der Waals surface area contributed by atoms with Crippen molar-refractivity contribution in [2.24, 2.45) is 0 Å². The molecule has 4 nitrogen and oxygen atoms in total. The van der Waals surface area contributed by atoms with Gasteiger partial charge in [0.2, 0.25) is 0 Å². The van der Waals surface area contributed by atoms with Crippen LogP contribution in [-0.2, 0) is 32.5 Å². The van der Waals surface area contributed by atoms with Crippen LogP contribution in [0.3, 0.4) is 0 Å². The van der Waals surface area contributed by atoms with Gasteiger partial charge in [0, 0.05) is 0 Å². The first-order valence-electron chi connectivity index (χ1n) is 13.9. The second-order valence-corrected chi connectivity index (χ2v) is 16.0. The Labute approximate surface area is 260 Å². The van der Waals surface area contributed by atoms with Gasteiger partial charge in [-0.3, -0.25) is 0 Å². The van der Waals surface area contributed by atoms with E-state index in [9.17, 15) is 0 Å². The van der Waals surface area contributed by atoms with Crippen LogP contribution in [0.4, 0.5) is 0 Å². The Bertz CT molecular complexity index is 848. The van der Waals surface area contributed by atoms with Crippen molar-refractivity contribution in [1.29, 1.82) is 0 Å². The smallest absolute Gasteiger partial charge is 0.442 e. The third-order valence-corrected chi connectivity index (χ3v) is 7.14. The monoisotopic (exact) mass is 538 g/mol. The predicted octanol–water partition coefficient (Wildman–Crippen LogP) is 8.26. The summed E-state index contributed by atoms with van der Waals surface area (Å²) < 4.78 is 0. The largest absolute Gasteiger partial charge is 2.00 e. The van der Waals surface area contributed by atoms with Crippen LogP contribution < -0.4 is 9.97 Å². The molecule has 0 N–H and O–H groups in total. The minimum atomic E-state index is 0. The van der Waals surface area contributed by atoms with Crippen LogP contribution in [0.1, 0.15) is 172 Å². The average Bonchev–Trinajstić information content (AvgIpc) is 3.33. The molecule has 37 heavy (non-hydrogen) atoms. The van der Waals surface area contributed by atoms with E-state index in [2.05, 4.69) is 125 Å². The zero-order valence-corrected chi connectivity index (χ0v) is 30.1. The van der Waals surface area contributed by atoms with E-state index in [-0.39, 0.29) is 70.2 Å². The molecule has 0 fully saturated rings. The van der Waals surface area contributed by atoms with Crippen LogP contribution in [0, 0.1) is 0 Å². The van der Waals surface area contributed by atoms with E-state index in [4.69, 9.17) is 19.9 Å². The summed E-state index contributed by atoms with van der Waals surface area (Å²) >= 11 is 0. The van der Waals surface area contributed by atoms with Gasteiger partial charge >= 0.3 is 37.7 Å². The molecule has 2 rings (SSSR count). The Morgan fingerprint density at radius 1 is 0.459 bits per heavy atom. The van der Waals surface area contributed by atoms with Gasteiger partial charge in [0.05, 0.1) is 0 Å². The van der Waals surface area contributed by atoms with E-state index in [0.29, 0.717) is 0 Å². The maximum atomic E-state index is 4.88. The first kappa shape index (κ1) is 36.7. The van der Waals surface area contributed by atoms with Crippen molar-refractivity contribution in [1.82, 2.24) is 19.9 Å². The van der Waals surface area contributed by atoms with Gasteiger partial charge in [-0.1, -0.05) is 159 Å². The van der Waals surface area contributed by atoms with Crippen molar-refractivity contribution < 1.29 is 0 Å². The molecule has 0 radical (unpaired) electrons. The Kier molecular flexibility index (Phi) is 11.9.